The number of aliphatic carboxylic acids is 1. The molecule has 47 heavy (non-hydrogen) atoms. The zero-order valence-electron chi connectivity index (χ0n) is 26.7. The number of anilines is 1. The number of pyridine rings is 1. The molecule has 2 amide bonds. The van der Waals surface area contributed by atoms with E-state index in [9.17, 15) is 14.4 Å². The fourth-order valence-electron chi connectivity index (χ4n) is 6.80. The molecule has 0 unspecified atom stereocenters. The molecular weight excluding hydrogens is 596 g/mol. The SMILES string of the molecule is CCOc1cc(NC(=O)C2(NC(=O)c3ccc4c(C5CCCCC5)c(-c5cccnc5OC)[nH]c4c3)CCC2)ccc1/C=C/C(=O)O. The van der Waals surface area contributed by atoms with E-state index in [-0.39, 0.29) is 11.8 Å². The Kier molecular flexibility index (Phi) is 9.29. The van der Waals surface area contributed by atoms with Crippen LogP contribution in [-0.2, 0) is 9.59 Å². The van der Waals surface area contributed by atoms with E-state index >= 15 is 0 Å². The predicted octanol–water partition coefficient (Wildman–Crippen LogP) is 7.07. The highest BCUT2D eigenvalue weighted by molar-refractivity contribution is 6.06. The first-order valence-corrected chi connectivity index (χ1v) is 16.3. The van der Waals surface area contributed by atoms with Crippen LogP contribution in [0.15, 0.2) is 60.8 Å². The first-order chi connectivity index (χ1) is 22.8. The number of carbonyl (C=O) groups excluding carboxylic acids is 2. The highest BCUT2D eigenvalue weighted by atomic mass is 16.5. The minimum Gasteiger partial charge on any atom is -0.493 e. The average Bonchev–Trinajstić information content (AvgIpc) is 3.45. The Balaban J connectivity index is 1.26. The number of benzene rings is 2. The molecule has 10 nitrogen and oxygen atoms in total. The van der Waals surface area contributed by atoms with Gasteiger partial charge in [-0.3, -0.25) is 9.59 Å². The molecule has 2 aromatic heterocycles. The van der Waals surface area contributed by atoms with Crippen LogP contribution in [0.5, 0.6) is 11.6 Å². The van der Waals surface area contributed by atoms with Crippen molar-refractivity contribution in [3.63, 3.8) is 0 Å². The molecule has 0 atom stereocenters. The summed E-state index contributed by atoms with van der Waals surface area (Å²) in [4.78, 5) is 46.4. The van der Waals surface area contributed by atoms with Crippen LogP contribution in [0.3, 0.4) is 0 Å². The zero-order chi connectivity index (χ0) is 33.0. The molecule has 0 aliphatic heterocycles. The van der Waals surface area contributed by atoms with Crippen LogP contribution < -0.4 is 20.1 Å². The minimum atomic E-state index is -1.07. The van der Waals surface area contributed by atoms with E-state index in [4.69, 9.17) is 14.6 Å². The van der Waals surface area contributed by atoms with E-state index in [1.165, 1.54) is 30.9 Å². The number of hydrogen-bond acceptors (Lipinski definition) is 6. The lowest BCUT2D eigenvalue weighted by Gasteiger charge is -2.40. The molecule has 2 heterocycles. The second-order valence-electron chi connectivity index (χ2n) is 12.3. The number of nitrogens with one attached hydrogen (secondary N) is 3. The van der Waals surface area contributed by atoms with E-state index in [1.54, 1.807) is 31.5 Å². The van der Waals surface area contributed by atoms with Gasteiger partial charge in [0.1, 0.15) is 11.3 Å². The van der Waals surface area contributed by atoms with Crippen molar-refractivity contribution >= 4 is 40.4 Å². The van der Waals surface area contributed by atoms with E-state index in [0.717, 1.165) is 47.5 Å². The maximum absolute atomic E-state index is 13.7. The summed E-state index contributed by atoms with van der Waals surface area (Å²) in [6.45, 7) is 2.20. The molecular formula is C37H40N4O6. The van der Waals surface area contributed by atoms with Crippen LogP contribution in [-0.4, -0.2) is 52.1 Å². The summed E-state index contributed by atoms with van der Waals surface area (Å²) < 4.78 is 11.3. The second-order valence-corrected chi connectivity index (χ2v) is 12.3. The number of carboxylic acids is 1. The summed E-state index contributed by atoms with van der Waals surface area (Å²) in [5.41, 5.74) is 4.45. The predicted molar refractivity (Wildman–Crippen MR) is 181 cm³/mol. The number of carboxylic acid groups (broad SMARTS) is 1. The smallest absolute Gasteiger partial charge is 0.328 e. The van der Waals surface area contributed by atoms with Gasteiger partial charge in [0.15, 0.2) is 0 Å². The lowest BCUT2D eigenvalue weighted by Crippen LogP contribution is -2.61. The van der Waals surface area contributed by atoms with Crippen molar-refractivity contribution in [3.8, 4) is 22.9 Å². The van der Waals surface area contributed by atoms with Gasteiger partial charge in [0.2, 0.25) is 11.8 Å². The van der Waals surface area contributed by atoms with Gasteiger partial charge in [-0.15, -0.1) is 0 Å². The van der Waals surface area contributed by atoms with Crippen molar-refractivity contribution in [1.82, 2.24) is 15.3 Å². The molecule has 2 saturated carbocycles. The van der Waals surface area contributed by atoms with Crippen molar-refractivity contribution < 1.29 is 29.0 Å². The number of H-pyrrole nitrogens is 1. The Labute approximate surface area is 273 Å². The maximum Gasteiger partial charge on any atom is 0.328 e. The number of methoxy groups -OCH3 is 1. The summed E-state index contributed by atoms with van der Waals surface area (Å²) in [7, 11) is 1.62. The van der Waals surface area contributed by atoms with Gasteiger partial charge in [0.25, 0.3) is 5.91 Å². The maximum atomic E-state index is 13.7. The first kappa shape index (κ1) is 31.8. The van der Waals surface area contributed by atoms with Crippen molar-refractivity contribution in [2.45, 2.75) is 69.7 Å². The zero-order valence-corrected chi connectivity index (χ0v) is 26.7. The Bertz CT molecular complexity index is 1830. The van der Waals surface area contributed by atoms with Crippen molar-refractivity contribution in [1.29, 1.82) is 0 Å². The highest BCUT2D eigenvalue weighted by Gasteiger charge is 2.45. The largest absolute Gasteiger partial charge is 0.493 e. The average molecular weight is 637 g/mol. The molecule has 2 fully saturated rings. The van der Waals surface area contributed by atoms with E-state index in [2.05, 4.69) is 20.6 Å². The van der Waals surface area contributed by atoms with E-state index < -0.39 is 11.5 Å². The van der Waals surface area contributed by atoms with Crippen LogP contribution in [0.2, 0.25) is 0 Å². The fourth-order valence-corrected chi connectivity index (χ4v) is 6.80. The Morgan fingerprint density at radius 3 is 2.57 bits per heavy atom. The Hall–Kier alpha value is -5.12. The molecule has 0 saturated heterocycles. The monoisotopic (exact) mass is 636 g/mol. The summed E-state index contributed by atoms with van der Waals surface area (Å²) in [5.74, 6) is -0.303. The molecule has 2 aliphatic carbocycles. The van der Waals surface area contributed by atoms with Crippen LogP contribution in [0.25, 0.3) is 28.2 Å². The summed E-state index contributed by atoms with van der Waals surface area (Å²) in [5, 5.41) is 16.1. The van der Waals surface area contributed by atoms with Crippen molar-refractivity contribution in [2.75, 3.05) is 19.0 Å². The number of rotatable bonds is 11. The molecule has 244 valence electrons. The van der Waals surface area contributed by atoms with Gasteiger partial charge in [-0.2, -0.15) is 0 Å². The number of ether oxygens (including phenoxy) is 2. The van der Waals surface area contributed by atoms with Crippen molar-refractivity contribution in [2.24, 2.45) is 0 Å². The lowest BCUT2D eigenvalue weighted by molar-refractivity contribution is -0.131. The Morgan fingerprint density at radius 2 is 1.87 bits per heavy atom. The number of nitrogens with zero attached hydrogens (tertiary/aromatic N) is 1. The lowest BCUT2D eigenvalue weighted by atomic mass is 9.75. The number of hydrogen-bond donors (Lipinski definition) is 4. The number of aromatic amines is 1. The first-order valence-electron chi connectivity index (χ1n) is 16.3. The van der Waals surface area contributed by atoms with Gasteiger partial charge < -0.3 is 30.2 Å². The molecule has 0 spiro atoms. The van der Waals surface area contributed by atoms with Gasteiger partial charge in [0.05, 0.1) is 25.0 Å². The molecule has 2 aromatic carbocycles. The van der Waals surface area contributed by atoms with Gasteiger partial charge >= 0.3 is 5.97 Å². The van der Waals surface area contributed by atoms with Gasteiger partial charge in [-0.05, 0) is 93.0 Å². The topological polar surface area (TPSA) is 143 Å². The van der Waals surface area contributed by atoms with Gasteiger partial charge in [0, 0.05) is 46.1 Å². The summed E-state index contributed by atoms with van der Waals surface area (Å²) in [6.07, 6.45) is 11.9. The van der Waals surface area contributed by atoms with E-state index in [1.807, 2.05) is 37.3 Å². The fraction of sp³-hybridized carbons (Fsp3) is 0.351. The number of fused-ring (bicyclic) bond motifs is 1. The van der Waals surface area contributed by atoms with E-state index in [0.29, 0.717) is 53.8 Å². The van der Waals surface area contributed by atoms with Crippen LogP contribution >= 0.6 is 0 Å². The third kappa shape index (κ3) is 6.58. The third-order valence-electron chi connectivity index (χ3n) is 9.32. The van der Waals surface area contributed by atoms with Crippen LogP contribution in [0, 0.1) is 0 Å². The molecule has 4 N–H and O–H groups in total. The van der Waals surface area contributed by atoms with Crippen LogP contribution in [0.4, 0.5) is 5.69 Å². The number of carbonyl (C=O) groups is 3. The van der Waals surface area contributed by atoms with Crippen molar-refractivity contribution in [3.05, 3.63) is 77.5 Å². The quantitative estimate of drug-likeness (QED) is 0.129. The Morgan fingerprint density at radius 1 is 1.06 bits per heavy atom. The molecule has 0 bridgehead atoms. The standard InChI is InChI=1S/C37H40N4O6/c1-3-47-30-22-26(15-12-23(30)14-17-31(42)43)39-36(45)37(18-8-19-37)41-34(44)25-13-16-27-29(21-25)40-33(28-11-7-20-38-35(28)46-2)32(27)24-9-5-4-6-10-24/h7,11-17,20-22,24,40H,3-6,8-10,18-19H2,1-2H3,(H,39,45)(H,41,44)(H,42,43)/b17-14+. The molecule has 0 radical (unpaired) electrons. The highest BCUT2D eigenvalue weighted by Crippen LogP contribution is 2.44. The third-order valence-corrected chi connectivity index (χ3v) is 9.32. The second kappa shape index (κ2) is 13.7. The van der Waals surface area contributed by atoms with Crippen LogP contribution in [0.1, 0.15) is 85.7 Å². The summed E-state index contributed by atoms with van der Waals surface area (Å²) >= 11 is 0. The minimum absolute atomic E-state index is 0.306. The normalized spacial score (nSPS) is 16.0. The molecule has 6 rings (SSSR count). The molecule has 10 heteroatoms. The summed E-state index contributed by atoms with van der Waals surface area (Å²) in [6, 6.07) is 14.7. The number of aromatic nitrogens is 2. The van der Waals surface area contributed by atoms with Gasteiger partial charge in [-0.1, -0.05) is 25.3 Å². The van der Waals surface area contributed by atoms with Gasteiger partial charge in [-0.25, -0.2) is 9.78 Å². The molecule has 4 aromatic rings. The molecule has 2 aliphatic rings. The number of amides is 2.